The van der Waals surface area contributed by atoms with Crippen molar-refractivity contribution in [2.24, 2.45) is 10.2 Å². The number of allylic oxidation sites excluding steroid dienone is 1. The Morgan fingerprint density at radius 2 is 1.97 bits per heavy atom. The third-order valence-corrected chi connectivity index (χ3v) is 5.65. The summed E-state index contributed by atoms with van der Waals surface area (Å²) in [6.07, 6.45) is 5.13. The number of benzene rings is 2. The quantitative estimate of drug-likeness (QED) is 0.501. The minimum absolute atomic E-state index is 0.0318. The number of carbonyl (C=O) groups is 2. The summed E-state index contributed by atoms with van der Waals surface area (Å²) in [5.74, 6) is -0.645. The molecule has 9 heteroatoms. The molecule has 29 heavy (non-hydrogen) atoms. The molecule has 1 saturated heterocycles. The average molecular weight is 447 g/mol. The van der Waals surface area contributed by atoms with Crippen LogP contribution in [0.5, 0.6) is 0 Å². The highest BCUT2D eigenvalue weighted by Crippen LogP contribution is 2.30. The molecular formula is C20H16Cl2N4O2S. The molecule has 1 aliphatic rings. The molecule has 2 aromatic carbocycles. The van der Waals surface area contributed by atoms with Gasteiger partial charge in [-0.2, -0.15) is 5.10 Å². The van der Waals surface area contributed by atoms with Crippen LogP contribution in [0.1, 0.15) is 12.0 Å². The van der Waals surface area contributed by atoms with Crippen LogP contribution in [-0.2, 0) is 9.59 Å². The highest BCUT2D eigenvalue weighted by molar-refractivity contribution is 8.15. The highest BCUT2D eigenvalue weighted by Gasteiger charge is 2.32. The molecule has 6 nitrogen and oxygen atoms in total. The number of anilines is 1. The standard InChI is InChI=1S/C20H16Cl2N4O2S/c21-14-9-4-10-15(18(14)22)24-17(27)12-16-19(28)25-20(29-16)26-23-11-5-8-13-6-2-1-3-7-13/h1-11,16H,12H2,(H,24,27)(H,25,26,28). The lowest BCUT2D eigenvalue weighted by atomic mass is 10.2. The zero-order valence-corrected chi connectivity index (χ0v) is 17.3. The van der Waals surface area contributed by atoms with Crippen molar-refractivity contribution in [3.63, 3.8) is 0 Å². The molecule has 3 rings (SSSR count). The first-order valence-corrected chi connectivity index (χ1v) is 10.2. The Bertz CT molecular complexity index is 993. The molecule has 2 aromatic rings. The van der Waals surface area contributed by atoms with E-state index in [1.807, 2.05) is 36.4 Å². The van der Waals surface area contributed by atoms with Gasteiger partial charge in [0.05, 0.1) is 15.7 Å². The predicted molar refractivity (Wildman–Crippen MR) is 121 cm³/mol. The van der Waals surface area contributed by atoms with Crippen LogP contribution in [0, 0.1) is 0 Å². The number of hydrogen-bond acceptors (Lipinski definition) is 5. The van der Waals surface area contributed by atoms with E-state index in [1.54, 1.807) is 24.3 Å². The van der Waals surface area contributed by atoms with E-state index in [4.69, 9.17) is 23.2 Å². The second-order valence-corrected chi connectivity index (χ2v) is 7.87. The average Bonchev–Trinajstić information content (AvgIpc) is 3.05. The van der Waals surface area contributed by atoms with E-state index in [0.29, 0.717) is 15.9 Å². The Balaban J connectivity index is 1.52. The molecule has 2 amide bonds. The summed E-state index contributed by atoms with van der Waals surface area (Å²) in [7, 11) is 0. The molecule has 0 radical (unpaired) electrons. The van der Waals surface area contributed by atoms with Crippen LogP contribution in [-0.4, -0.2) is 28.4 Å². The van der Waals surface area contributed by atoms with Gasteiger partial charge in [0.25, 0.3) is 0 Å². The van der Waals surface area contributed by atoms with Crippen molar-refractivity contribution >= 4 is 69.9 Å². The van der Waals surface area contributed by atoms with Crippen LogP contribution in [0.2, 0.25) is 10.0 Å². The molecule has 2 N–H and O–H groups in total. The van der Waals surface area contributed by atoms with Crippen LogP contribution in [0.3, 0.4) is 0 Å². The molecule has 1 heterocycles. The Hall–Kier alpha value is -2.61. The van der Waals surface area contributed by atoms with Crippen molar-refractivity contribution in [2.75, 3.05) is 5.32 Å². The van der Waals surface area contributed by atoms with Crippen molar-refractivity contribution < 1.29 is 9.59 Å². The second kappa shape index (κ2) is 10.2. The molecule has 1 atom stereocenters. The zero-order chi connectivity index (χ0) is 20.6. The summed E-state index contributed by atoms with van der Waals surface area (Å²) in [5, 5.41) is 13.5. The monoisotopic (exact) mass is 446 g/mol. The number of halogens is 2. The molecule has 0 aromatic heterocycles. The molecule has 0 spiro atoms. The van der Waals surface area contributed by atoms with E-state index < -0.39 is 5.25 Å². The predicted octanol–water partition coefficient (Wildman–Crippen LogP) is 4.61. The Kier molecular flexibility index (Phi) is 7.46. The third-order valence-electron chi connectivity index (χ3n) is 3.76. The number of amidine groups is 1. The third kappa shape index (κ3) is 6.19. The van der Waals surface area contributed by atoms with Crippen molar-refractivity contribution in [3.05, 3.63) is 70.2 Å². The summed E-state index contributed by atoms with van der Waals surface area (Å²) < 4.78 is 0. The SMILES string of the molecule is O=C(CC1S/C(=N/N=CC=Cc2ccccc2)NC1=O)Nc1cccc(Cl)c1Cl. The van der Waals surface area contributed by atoms with Gasteiger partial charge in [0, 0.05) is 12.6 Å². The normalized spacial score (nSPS) is 17.9. The van der Waals surface area contributed by atoms with Gasteiger partial charge in [-0.05, 0) is 23.8 Å². The van der Waals surface area contributed by atoms with Gasteiger partial charge in [-0.15, -0.1) is 5.10 Å². The summed E-state index contributed by atoms with van der Waals surface area (Å²) in [6, 6.07) is 14.7. The first-order chi connectivity index (χ1) is 14.0. The van der Waals surface area contributed by atoms with Gasteiger partial charge in [0.1, 0.15) is 5.25 Å². The zero-order valence-electron chi connectivity index (χ0n) is 15.0. The molecular weight excluding hydrogens is 431 g/mol. The molecule has 0 saturated carbocycles. The summed E-state index contributed by atoms with van der Waals surface area (Å²) in [6.45, 7) is 0. The fraction of sp³-hybridized carbons (Fsp3) is 0.100. The number of thioether (sulfide) groups is 1. The van der Waals surface area contributed by atoms with Gasteiger partial charge in [0.2, 0.25) is 11.8 Å². The number of nitrogens with one attached hydrogen (secondary N) is 2. The number of hydrogen-bond donors (Lipinski definition) is 2. The molecule has 1 fully saturated rings. The minimum Gasteiger partial charge on any atom is -0.325 e. The molecule has 148 valence electrons. The van der Waals surface area contributed by atoms with Crippen molar-refractivity contribution in [3.8, 4) is 0 Å². The largest absolute Gasteiger partial charge is 0.325 e. The number of amides is 2. The molecule has 0 aliphatic carbocycles. The number of carbonyl (C=O) groups excluding carboxylic acids is 2. The van der Waals surface area contributed by atoms with E-state index in [9.17, 15) is 9.59 Å². The van der Waals surface area contributed by atoms with E-state index >= 15 is 0 Å². The van der Waals surface area contributed by atoms with E-state index in [-0.39, 0.29) is 23.3 Å². The van der Waals surface area contributed by atoms with Gasteiger partial charge >= 0.3 is 0 Å². The lowest BCUT2D eigenvalue weighted by Gasteiger charge is -2.09. The van der Waals surface area contributed by atoms with E-state index in [1.165, 1.54) is 6.21 Å². The Morgan fingerprint density at radius 1 is 1.17 bits per heavy atom. The van der Waals surface area contributed by atoms with Gasteiger partial charge < -0.3 is 10.6 Å². The maximum atomic E-state index is 12.2. The van der Waals surface area contributed by atoms with E-state index in [2.05, 4.69) is 20.8 Å². The van der Waals surface area contributed by atoms with Crippen LogP contribution < -0.4 is 10.6 Å². The minimum atomic E-state index is -0.596. The summed E-state index contributed by atoms with van der Waals surface area (Å²) >= 11 is 13.1. The van der Waals surface area contributed by atoms with Gasteiger partial charge in [-0.3, -0.25) is 9.59 Å². The fourth-order valence-electron chi connectivity index (χ4n) is 2.40. The van der Waals surface area contributed by atoms with Crippen LogP contribution in [0.15, 0.2) is 64.8 Å². The topological polar surface area (TPSA) is 82.9 Å². The lowest BCUT2D eigenvalue weighted by molar-refractivity contribution is -0.122. The first-order valence-electron chi connectivity index (χ1n) is 8.57. The Morgan fingerprint density at radius 3 is 2.76 bits per heavy atom. The lowest BCUT2D eigenvalue weighted by Crippen LogP contribution is -2.28. The van der Waals surface area contributed by atoms with Crippen LogP contribution in [0.25, 0.3) is 6.08 Å². The van der Waals surface area contributed by atoms with Gasteiger partial charge in [-0.1, -0.05) is 77.4 Å². The fourth-order valence-corrected chi connectivity index (χ4v) is 3.67. The van der Waals surface area contributed by atoms with Crippen molar-refractivity contribution in [2.45, 2.75) is 11.7 Å². The first kappa shape index (κ1) is 21.1. The second-order valence-electron chi connectivity index (χ2n) is 5.89. The smallest absolute Gasteiger partial charge is 0.240 e. The summed E-state index contributed by atoms with van der Waals surface area (Å²) in [5.41, 5.74) is 1.44. The number of nitrogens with zero attached hydrogens (tertiary/aromatic N) is 2. The Labute approximate surface area is 182 Å². The van der Waals surface area contributed by atoms with Gasteiger partial charge in [0.15, 0.2) is 5.17 Å². The van der Waals surface area contributed by atoms with Crippen molar-refractivity contribution in [1.29, 1.82) is 0 Å². The van der Waals surface area contributed by atoms with Crippen LogP contribution in [0.4, 0.5) is 5.69 Å². The maximum absolute atomic E-state index is 12.2. The summed E-state index contributed by atoms with van der Waals surface area (Å²) in [4.78, 5) is 24.3. The molecule has 1 unspecified atom stereocenters. The van der Waals surface area contributed by atoms with Crippen LogP contribution >= 0.6 is 35.0 Å². The maximum Gasteiger partial charge on any atom is 0.240 e. The highest BCUT2D eigenvalue weighted by atomic mass is 35.5. The molecule has 1 aliphatic heterocycles. The van der Waals surface area contributed by atoms with Gasteiger partial charge in [-0.25, -0.2) is 0 Å². The number of rotatable bonds is 6. The molecule has 0 bridgehead atoms. The van der Waals surface area contributed by atoms with E-state index in [0.717, 1.165) is 17.3 Å². The van der Waals surface area contributed by atoms with Crippen molar-refractivity contribution in [1.82, 2.24) is 5.32 Å².